The highest BCUT2D eigenvalue weighted by molar-refractivity contribution is 5.88. The van der Waals surface area contributed by atoms with E-state index in [1.165, 1.54) is 0 Å². The van der Waals surface area contributed by atoms with E-state index in [4.69, 9.17) is 9.47 Å². The van der Waals surface area contributed by atoms with Gasteiger partial charge in [-0.05, 0) is 136 Å². The molecule has 5 saturated carbocycles. The van der Waals surface area contributed by atoms with Crippen molar-refractivity contribution in [2.75, 3.05) is 0 Å². The van der Waals surface area contributed by atoms with Crippen LogP contribution in [0.3, 0.4) is 0 Å². The van der Waals surface area contributed by atoms with Crippen molar-refractivity contribution < 1.29 is 54.2 Å². The number of rotatable bonds is 8. The minimum atomic E-state index is -1.88. The van der Waals surface area contributed by atoms with Crippen molar-refractivity contribution in [3.8, 4) is 0 Å². The lowest BCUT2D eigenvalue weighted by atomic mass is 9.31. The van der Waals surface area contributed by atoms with Crippen molar-refractivity contribution in [1.82, 2.24) is 0 Å². The summed E-state index contributed by atoms with van der Waals surface area (Å²) < 4.78 is 11.3. The molecule has 5 aliphatic carbocycles. The average molecular weight is 745 g/mol. The Labute approximate surface area is 314 Å². The molecule has 6 rings (SSSR count). The molecule has 53 heavy (non-hydrogen) atoms. The fourth-order valence-electron chi connectivity index (χ4n) is 14.1. The van der Waals surface area contributed by atoms with E-state index >= 15 is 0 Å². The number of aliphatic carboxylic acids is 2. The van der Waals surface area contributed by atoms with Gasteiger partial charge in [0, 0.05) is 12.3 Å². The molecule has 1 saturated heterocycles. The molecule has 15 atom stereocenters. The van der Waals surface area contributed by atoms with Crippen LogP contribution in [-0.4, -0.2) is 79.9 Å². The summed E-state index contributed by atoms with van der Waals surface area (Å²) in [5, 5.41) is 50.8. The minimum absolute atomic E-state index is 0.0129. The molecule has 6 aliphatic rings. The molecular formula is C42H64O11. The van der Waals surface area contributed by atoms with Crippen molar-refractivity contribution in [2.24, 2.45) is 68.0 Å². The van der Waals surface area contributed by atoms with Crippen LogP contribution >= 0.6 is 0 Å². The number of carbonyl (C=O) groups excluding carboxylic acids is 2. The highest BCUT2D eigenvalue weighted by atomic mass is 16.7. The molecule has 0 aromatic carbocycles. The van der Waals surface area contributed by atoms with Crippen LogP contribution in [0.15, 0.2) is 12.2 Å². The zero-order valence-electron chi connectivity index (χ0n) is 33.0. The quantitative estimate of drug-likeness (QED) is 0.150. The zero-order valence-corrected chi connectivity index (χ0v) is 33.0. The van der Waals surface area contributed by atoms with Crippen LogP contribution in [-0.2, 0) is 28.7 Å². The van der Waals surface area contributed by atoms with Gasteiger partial charge in [0.05, 0.1) is 10.8 Å². The van der Waals surface area contributed by atoms with Gasteiger partial charge >= 0.3 is 17.9 Å². The molecule has 0 spiro atoms. The molecular weight excluding hydrogens is 680 g/mol. The van der Waals surface area contributed by atoms with Gasteiger partial charge in [0.1, 0.15) is 24.1 Å². The number of fused-ring (bicyclic) bond motifs is 7. The fourth-order valence-corrected chi connectivity index (χ4v) is 14.1. The third-order valence-corrected chi connectivity index (χ3v) is 17.1. The largest absolute Gasteiger partial charge is 0.481 e. The van der Waals surface area contributed by atoms with Crippen molar-refractivity contribution >= 4 is 23.7 Å². The number of esters is 1. The normalized spacial score (nSPS) is 47.6. The number of hydrogen-bond donors (Lipinski definition) is 5. The monoisotopic (exact) mass is 744 g/mol. The highest BCUT2D eigenvalue weighted by Gasteiger charge is 2.72. The Hall–Kier alpha value is -2.34. The molecule has 1 heterocycles. The molecule has 1 aliphatic heterocycles. The summed E-state index contributed by atoms with van der Waals surface area (Å²) in [4.78, 5) is 52.0. The molecule has 5 N–H and O–H groups in total. The topological polar surface area (TPSA) is 188 Å². The second-order valence-electron chi connectivity index (χ2n) is 20.2. The number of aliphatic hydroxyl groups excluding tert-OH is 3. The SMILES string of the molecule is C=C(C)[C@@H]1CC[C@]2(C(=O)O[C@@H]3O[C@H](C(=O)O)[C@@H](O)[C@H](O)[C@H]3O)CC[C@]3(C)[C@H](CC[C@@H]4[C@@]5(C)CC[C@H](C(=O)CC(C)(C)C(=O)O)C(C)(C)[C@@H]5CC[C@]43C)[C@@H]12. The van der Waals surface area contributed by atoms with Crippen LogP contribution < -0.4 is 0 Å². The van der Waals surface area contributed by atoms with E-state index < -0.39 is 59.4 Å². The van der Waals surface area contributed by atoms with Gasteiger partial charge in [-0.2, -0.15) is 0 Å². The Morgan fingerprint density at radius 1 is 0.792 bits per heavy atom. The first kappa shape index (κ1) is 40.3. The number of ketones is 1. The third kappa shape index (κ3) is 5.78. The maximum absolute atomic E-state index is 14.5. The number of carbonyl (C=O) groups is 4. The predicted molar refractivity (Wildman–Crippen MR) is 194 cm³/mol. The summed E-state index contributed by atoms with van der Waals surface area (Å²) in [6, 6.07) is 0. The first-order valence-corrected chi connectivity index (χ1v) is 20.0. The number of aliphatic hydroxyl groups is 3. The van der Waals surface area contributed by atoms with Gasteiger partial charge in [-0.1, -0.05) is 46.8 Å². The van der Waals surface area contributed by atoms with Gasteiger partial charge in [-0.25, -0.2) is 4.79 Å². The van der Waals surface area contributed by atoms with Crippen LogP contribution in [0.1, 0.15) is 126 Å². The molecule has 11 heteroatoms. The number of ether oxygens (including phenoxy) is 2. The fraction of sp³-hybridized carbons (Fsp3) is 0.857. The second-order valence-corrected chi connectivity index (χ2v) is 20.2. The van der Waals surface area contributed by atoms with E-state index in [1.807, 2.05) is 6.92 Å². The molecule has 298 valence electrons. The van der Waals surface area contributed by atoms with Crippen molar-refractivity contribution in [2.45, 2.75) is 157 Å². The maximum Gasteiger partial charge on any atom is 0.335 e. The van der Waals surface area contributed by atoms with Gasteiger partial charge < -0.3 is 35.0 Å². The van der Waals surface area contributed by atoms with Gasteiger partial charge in [-0.3, -0.25) is 14.4 Å². The van der Waals surface area contributed by atoms with Crippen LogP contribution in [0.5, 0.6) is 0 Å². The van der Waals surface area contributed by atoms with E-state index in [0.29, 0.717) is 24.7 Å². The summed E-state index contributed by atoms with van der Waals surface area (Å²) in [6.45, 7) is 21.5. The first-order chi connectivity index (χ1) is 24.4. The van der Waals surface area contributed by atoms with Gasteiger partial charge in [0.25, 0.3) is 0 Å². The number of hydrogen-bond acceptors (Lipinski definition) is 9. The summed E-state index contributed by atoms with van der Waals surface area (Å²) >= 11 is 0. The summed E-state index contributed by atoms with van der Waals surface area (Å²) in [6.07, 6.45) is -0.876. The predicted octanol–water partition coefficient (Wildman–Crippen LogP) is 5.77. The van der Waals surface area contributed by atoms with Gasteiger partial charge in [0.2, 0.25) is 6.29 Å². The lowest BCUT2D eigenvalue weighted by Crippen LogP contribution is -2.67. The van der Waals surface area contributed by atoms with Gasteiger partial charge in [0.15, 0.2) is 6.10 Å². The van der Waals surface area contributed by atoms with E-state index in [-0.39, 0.29) is 57.5 Å². The lowest BCUT2D eigenvalue weighted by molar-refractivity contribution is -0.293. The maximum atomic E-state index is 14.5. The number of Topliss-reactive ketones (excluding diaryl/α,β-unsaturated/α-hetero) is 1. The Morgan fingerprint density at radius 3 is 2.06 bits per heavy atom. The average Bonchev–Trinajstić information content (AvgIpc) is 3.46. The Kier molecular flexibility index (Phi) is 9.98. The van der Waals surface area contributed by atoms with E-state index in [2.05, 4.69) is 41.2 Å². The third-order valence-electron chi connectivity index (χ3n) is 17.1. The summed E-state index contributed by atoms with van der Waals surface area (Å²) in [5.74, 6) is -2.28. The zero-order chi connectivity index (χ0) is 39.4. The van der Waals surface area contributed by atoms with E-state index in [1.54, 1.807) is 13.8 Å². The van der Waals surface area contributed by atoms with E-state index in [9.17, 15) is 44.7 Å². The second kappa shape index (κ2) is 13.1. The Bertz CT molecular complexity index is 1540. The van der Waals surface area contributed by atoms with Crippen LogP contribution in [0, 0.1) is 68.0 Å². The number of carboxylic acids is 2. The Balaban J connectivity index is 1.28. The van der Waals surface area contributed by atoms with Crippen molar-refractivity contribution in [3.05, 3.63) is 12.2 Å². The van der Waals surface area contributed by atoms with E-state index in [0.717, 1.165) is 56.9 Å². The molecule has 0 amide bonds. The van der Waals surface area contributed by atoms with Crippen LogP contribution in [0.25, 0.3) is 0 Å². The lowest BCUT2D eigenvalue weighted by Gasteiger charge is -2.73. The number of carboxylic acid groups (broad SMARTS) is 2. The van der Waals surface area contributed by atoms with Crippen LogP contribution in [0.4, 0.5) is 0 Å². The number of allylic oxidation sites excluding steroid dienone is 1. The molecule has 6 fully saturated rings. The molecule has 0 bridgehead atoms. The van der Waals surface area contributed by atoms with Crippen molar-refractivity contribution in [1.29, 1.82) is 0 Å². The molecule has 11 nitrogen and oxygen atoms in total. The summed E-state index contributed by atoms with van der Waals surface area (Å²) in [5.41, 5.74) is -1.44. The van der Waals surface area contributed by atoms with Crippen LogP contribution in [0.2, 0.25) is 0 Å². The summed E-state index contributed by atoms with van der Waals surface area (Å²) in [7, 11) is 0. The Morgan fingerprint density at radius 2 is 1.45 bits per heavy atom. The minimum Gasteiger partial charge on any atom is -0.481 e. The van der Waals surface area contributed by atoms with Crippen molar-refractivity contribution in [3.63, 3.8) is 0 Å². The molecule has 0 radical (unpaired) electrons. The first-order valence-electron chi connectivity index (χ1n) is 20.0. The smallest absolute Gasteiger partial charge is 0.335 e. The molecule has 0 aromatic rings. The standard InChI is InChI=1S/C42H64O11/c1-21(2)22-12-17-42(36(51)53-34-31(46)29(44)30(45)32(52-34)33(47)48)19-18-40(8)24(28(22)42)10-11-27-39(7)15-13-23(25(43)20-37(3,4)35(49)50)38(5,6)26(39)14-16-41(27,40)9/h22-24,26-32,34,44-46H,1,10-20H2,2-9H3,(H,47,48)(H,49,50)/t22-,23+,24+,26-,27+,28+,29-,30-,31+,32-,34-,39-,40+,41+,42-/m0/s1. The van der Waals surface area contributed by atoms with Gasteiger partial charge in [-0.15, -0.1) is 0 Å². The molecule has 0 aromatic heterocycles. The molecule has 0 unspecified atom stereocenters. The highest BCUT2D eigenvalue weighted by Crippen LogP contribution is 2.78.